The lowest BCUT2D eigenvalue weighted by molar-refractivity contribution is -0.124. The quantitative estimate of drug-likeness (QED) is 0.672. The van der Waals surface area contributed by atoms with Crippen LogP contribution < -0.4 is 14.8 Å². The highest BCUT2D eigenvalue weighted by Crippen LogP contribution is 2.33. The van der Waals surface area contributed by atoms with E-state index in [4.69, 9.17) is 37.4 Å². The SMILES string of the molecule is COc1ccccc1CCNC(=O)COC(=O)c1cc(Cl)c(OC)c(Cl)c1. The van der Waals surface area contributed by atoms with Gasteiger partial charge in [-0.15, -0.1) is 0 Å². The summed E-state index contributed by atoms with van der Waals surface area (Å²) < 4.78 is 15.3. The van der Waals surface area contributed by atoms with Crippen LogP contribution in [-0.2, 0) is 16.0 Å². The number of para-hydroxylation sites is 1. The van der Waals surface area contributed by atoms with Crippen LogP contribution >= 0.6 is 23.2 Å². The van der Waals surface area contributed by atoms with Gasteiger partial charge in [0.2, 0.25) is 0 Å². The number of halogens is 2. The van der Waals surface area contributed by atoms with Crippen LogP contribution in [0, 0.1) is 0 Å². The average molecular weight is 412 g/mol. The minimum atomic E-state index is -0.707. The van der Waals surface area contributed by atoms with Crippen LogP contribution in [0.3, 0.4) is 0 Å². The molecule has 0 radical (unpaired) electrons. The van der Waals surface area contributed by atoms with Crippen molar-refractivity contribution in [3.05, 3.63) is 57.6 Å². The molecule has 27 heavy (non-hydrogen) atoms. The third-order valence-corrected chi connectivity index (χ3v) is 4.24. The number of hydrogen-bond acceptors (Lipinski definition) is 5. The maximum atomic E-state index is 12.1. The molecule has 0 fully saturated rings. The van der Waals surface area contributed by atoms with Gasteiger partial charge >= 0.3 is 5.97 Å². The predicted octanol–water partition coefficient (Wildman–Crippen LogP) is 3.53. The summed E-state index contributed by atoms with van der Waals surface area (Å²) in [7, 11) is 3.01. The maximum absolute atomic E-state index is 12.1. The van der Waals surface area contributed by atoms with E-state index in [2.05, 4.69) is 5.32 Å². The van der Waals surface area contributed by atoms with Gasteiger partial charge in [-0.1, -0.05) is 41.4 Å². The second-order valence-electron chi connectivity index (χ2n) is 5.46. The Morgan fingerprint density at radius 2 is 1.70 bits per heavy atom. The molecule has 6 nitrogen and oxygen atoms in total. The summed E-state index contributed by atoms with van der Waals surface area (Å²) in [4.78, 5) is 23.9. The molecule has 0 aromatic heterocycles. The Hall–Kier alpha value is -2.44. The lowest BCUT2D eigenvalue weighted by Crippen LogP contribution is -2.30. The number of benzene rings is 2. The zero-order valence-electron chi connectivity index (χ0n) is 14.9. The van der Waals surface area contributed by atoms with E-state index in [9.17, 15) is 9.59 Å². The molecule has 2 rings (SSSR count). The van der Waals surface area contributed by atoms with E-state index >= 15 is 0 Å². The van der Waals surface area contributed by atoms with Gasteiger partial charge < -0.3 is 19.5 Å². The molecule has 2 aromatic rings. The predicted molar refractivity (Wildman–Crippen MR) is 103 cm³/mol. The second-order valence-corrected chi connectivity index (χ2v) is 6.28. The van der Waals surface area contributed by atoms with E-state index in [0.717, 1.165) is 11.3 Å². The highest BCUT2D eigenvalue weighted by atomic mass is 35.5. The highest BCUT2D eigenvalue weighted by molar-refractivity contribution is 6.37. The summed E-state index contributed by atoms with van der Waals surface area (Å²) in [6.07, 6.45) is 0.591. The van der Waals surface area contributed by atoms with Crippen molar-refractivity contribution in [1.82, 2.24) is 5.32 Å². The number of ether oxygens (including phenoxy) is 3. The van der Waals surface area contributed by atoms with Gasteiger partial charge in [-0.2, -0.15) is 0 Å². The minimum Gasteiger partial charge on any atom is -0.496 e. The molecule has 0 spiro atoms. The van der Waals surface area contributed by atoms with Crippen molar-refractivity contribution in [3.8, 4) is 11.5 Å². The summed E-state index contributed by atoms with van der Waals surface area (Å²) in [6, 6.07) is 10.3. The first-order valence-corrected chi connectivity index (χ1v) is 8.80. The van der Waals surface area contributed by atoms with E-state index in [-0.39, 0.29) is 21.4 Å². The van der Waals surface area contributed by atoms with Gasteiger partial charge in [0, 0.05) is 6.54 Å². The first kappa shape index (κ1) is 20.9. The van der Waals surface area contributed by atoms with Crippen LogP contribution in [0.25, 0.3) is 0 Å². The van der Waals surface area contributed by atoms with E-state index in [1.165, 1.54) is 19.2 Å². The monoisotopic (exact) mass is 411 g/mol. The van der Waals surface area contributed by atoms with Gasteiger partial charge in [0.25, 0.3) is 5.91 Å². The molecule has 1 N–H and O–H groups in total. The molecule has 0 saturated heterocycles. The summed E-state index contributed by atoms with van der Waals surface area (Å²) in [5.41, 5.74) is 1.10. The average Bonchev–Trinajstić information content (AvgIpc) is 2.66. The molecular formula is C19H19Cl2NO5. The van der Waals surface area contributed by atoms with Crippen LogP contribution in [0.1, 0.15) is 15.9 Å². The molecule has 0 aliphatic rings. The number of carbonyl (C=O) groups is 2. The van der Waals surface area contributed by atoms with Crippen molar-refractivity contribution in [3.63, 3.8) is 0 Å². The lowest BCUT2D eigenvalue weighted by atomic mass is 10.1. The fourth-order valence-corrected chi connectivity index (χ4v) is 3.03. The molecule has 0 bridgehead atoms. The van der Waals surface area contributed by atoms with Crippen LogP contribution in [0.4, 0.5) is 0 Å². The zero-order chi connectivity index (χ0) is 19.8. The number of rotatable bonds is 8. The van der Waals surface area contributed by atoms with Crippen LogP contribution in [0.2, 0.25) is 10.0 Å². The van der Waals surface area contributed by atoms with E-state index in [0.29, 0.717) is 13.0 Å². The largest absolute Gasteiger partial charge is 0.496 e. The normalized spacial score (nSPS) is 10.2. The van der Waals surface area contributed by atoms with Crippen molar-refractivity contribution in [2.45, 2.75) is 6.42 Å². The fraction of sp³-hybridized carbons (Fsp3) is 0.263. The molecule has 0 aliphatic carbocycles. The smallest absolute Gasteiger partial charge is 0.338 e. The van der Waals surface area contributed by atoms with E-state index in [1.807, 2.05) is 24.3 Å². The van der Waals surface area contributed by atoms with E-state index in [1.54, 1.807) is 7.11 Å². The molecular weight excluding hydrogens is 393 g/mol. The van der Waals surface area contributed by atoms with Crippen molar-refractivity contribution < 1.29 is 23.8 Å². The summed E-state index contributed by atoms with van der Waals surface area (Å²) >= 11 is 12.0. The molecule has 1 amide bonds. The Labute approximate surface area is 167 Å². The highest BCUT2D eigenvalue weighted by Gasteiger charge is 2.15. The third kappa shape index (κ3) is 5.77. The van der Waals surface area contributed by atoms with Gasteiger partial charge in [-0.05, 0) is 30.2 Å². The molecule has 0 atom stereocenters. The number of amides is 1. The van der Waals surface area contributed by atoms with Crippen LogP contribution in [0.15, 0.2) is 36.4 Å². The third-order valence-electron chi connectivity index (χ3n) is 3.68. The molecule has 2 aromatic carbocycles. The van der Waals surface area contributed by atoms with Gasteiger partial charge in [0.1, 0.15) is 5.75 Å². The van der Waals surface area contributed by atoms with Gasteiger partial charge in [-0.25, -0.2) is 4.79 Å². The first-order chi connectivity index (χ1) is 13.0. The van der Waals surface area contributed by atoms with Crippen molar-refractivity contribution in [1.29, 1.82) is 0 Å². The summed E-state index contributed by atoms with van der Waals surface area (Å²) in [5.74, 6) is -0.0966. The van der Waals surface area contributed by atoms with Crippen molar-refractivity contribution in [2.75, 3.05) is 27.4 Å². The topological polar surface area (TPSA) is 73.9 Å². The van der Waals surface area contributed by atoms with Gasteiger partial charge in [0.05, 0.1) is 29.8 Å². The number of nitrogens with one attached hydrogen (secondary N) is 1. The van der Waals surface area contributed by atoms with Gasteiger partial charge in [-0.3, -0.25) is 4.79 Å². The minimum absolute atomic E-state index is 0.132. The van der Waals surface area contributed by atoms with Gasteiger partial charge in [0.15, 0.2) is 12.4 Å². The summed E-state index contributed by atoms with van der Waals surface area (Å²) in [5, 5.41) is 3.04. The molecule has 0 heterocycles. The number of esters is 1. The molecule has 0 unspecified atom stereocenters. The number of carbonyl (C=O) groups excluding carboxylic acids is 2. The van der Waals surface area contributed by atoms with Crippen molar-refractivity contribution in [2.24, 2.45) is 0 Å². The standard InChI is InChI=1S/C19H19Cl2NO5/c1-25-16-6-4-3-5-12(16)7-8-22-17(23)11-27-19(24)13-9-14(20)18(26-2)15(21)10-13/h3-6,9-10H,7-8,11H2,1-2H3,(H,22,23). The van der Waals surface area contributed by atoms with Crippen LogP contribution in [-0.4, -0.2) is 39.2 Å². The lowest BCUT2D eigenvalue weighted by Gasteiger charge is -2.10. The Bertz CT molecular complexity index is 802. The molecule has 0 aliphatic heterocycles. The number of hydrogen-bond donors (Lipinski definition) is 1. The molecule has 8 heteroatoms. The molecule has 144 valence electrons. The summed E-state index contributed by atoms with van der Waals surface area (Å²) in [6.45, 7) is -0.0248. The zero-order valence-corrected chi connectivity index (χ0v) is 16.4. The van der Waals surface area contributed by atoms with Crippen molar-refractivity contribution >= 4 is 35.1 Å². The maximum Gasteiger partial charge on any atom is 0.338 e. The number of methoxy groups -OCH3 is 2. The Kier molecular flexibility index (Phi) is 7.76. The fourth-order valence-electron chi connectivity index (χ4n) is 2.38. The Morgan fingerprint density at radius 1 is 1.04 bits per heavy atom. The second kappa shape index (κ2) is 10.0. The van der Waals surface area contributed by atoms with Crippen LogP contribution in [0.5, 0.6) is 11.5 Å². The van der Waals surface area contributed by atoms with E-state index < -0.39 is 18.5 Å². The Morgan fingerprint density at radius 3 is 2.33 bits per heavy atom. The molecule has 0 saturated carbocycles. The first-order valence-electron chi connectivity index (χ1n) is 8.05. The Balaban J connectivity index is 1.82.